The van der Waals surface area contributed by atoms with Crippen molar-refractivity contribution in [3.05, 3.63) is 77.9 Å². The van der Waals surface area contributed by atoms with E-state index in [9.17, 15) is 13.2 Å². The average molecular weight is 401 g/mol. The third-order valence-corrected chi connectivity index (χ3v) is 6.23. The van der Waals surface area contributed by atoms with Crippen molar-refractivity contribution in [1.29, 1.82) is 0 Å². The van der Waals surface area contributed by atoms with Crippen molar-refractivity contribution >= 4 is 16.1 Å². The Morgan fingerprint density at radius 3 is 2.46 bits per heavy atom. The maximum Gasteiger partial charge on any atom is 0.424 e. The molecule has 2 atom stereocenters. The molecule has 1 amide bonds. The first kappa shape index (κ1) is 20.1. The Kier molecular flexibility index (Phi) is 6.16. The fourth-order valence-electron chi connectivity index (χ4n) is 2.92. The van der Waals surface area contributed by atoms with Gasteiger partial charge in [0.1, 0.15) is 12.1 Å². The SMILES string of the molecule is Cc1ccc(S(=O)(=O)N2C(=O)O[C@H](C)[C@@H]2/C=C\COCc2ccccc2)cc1. The highest BCUT2D eigenvalue weighted by Gasteiger charge is 2.45. The molecule has 1 fully saturated rings. The van der Waals surface area contributed by atoms with Crippen molar-refractivity contribution in [3.8, 4) is 0 Å². The Bertz CT molecular complexity index is 939. The van der Waals surface area contributed by atoms with E-state index < -0.39 is 28.3 Å². The summed E-state index contributed by atoms with van der Waals surface area (Å²) >= 11 is 0. The van der Waals surface area contributed by atoms with E-state index in [0.717, 1.165) is 15.4 Å². The summed E-state index contributed by atoms with van der Waals surface area (Å²) in [6.07, 6.45) is 1.90. The van der Waals surface area contributed by atoms with E-state index in [-0.39, 0.29) is 4.90 Å². The normalized spacial score (nSPS) is 19.9. The van der Waals surface area contributed by atoms with Gasteiger partial charge in [0.05, 0.1) is 18.1 Å². The maximum absolute atomic E-state index is 12.9. The quantitative estimate of drug-likeness (QED) is 0.523. The Hall–Kier alpha value is -2.64. The van der Waals surface area contributed by atoms with Crippen LogP contribution in [0.5, 0.6) is 0 Å². The lowest BCUT2D eigenvalue weighted by Gasteiger charge is -2.20. The summed E-state index contributed by atoms with van der Waals surface area (Å²) in [6.45, 7) is 4.28. The third kappa shape index (κ3) is 4.43. The van der Waals surface area contributed by atoms with Gasteiger partial charge in [0.25, 0.3) is 10.0 Å². The van der Waals surface area contributed by atoms with Crippen LogP contribution >= 0.6 is 0 Å². The fraction of sp³-hybridized carbons (Fsp3) is 0.286. The number of sulfonamides is 1. The minimum Gasteiger partial charge on any atom is -0.443 e. The molecule has 1 aliphatic rings. The van der Waals surface area contributed by atoms with Gasteiger partial charge in [-0.15, -0.1) is 0 Å². The van der Waals surface area contributed by atoms with Crippen LogP contribution in [-0.4, -0.2) is 37.6 Å². The molecule has 7 heteroatoms. The van der Waals surface area contributed by atoms with Crippen LogP contribution in [0.15, 0.2) is 71.6 Å². The summed E-state index contributed by atoms with van der Waals surface area (Å²) in [6, 6.07) is 15.4. The third-order valence-electron chi connectivity index (χ3n) is 4.46. The smallest absolute Gasteiger partial charge is 0.424 e. The van der Waals surface area contributed by atoms with Crippen molar-refractivity contribution in [3.63, 3.8) is 0 Å². The van der Waals surface area contributed by atoms with E-state index in [1.807, 2.05) is 37.3 Å². The average Bonchev–Trinajstić information content (AvgIpc) is 2.96. The molecular formula is C21H23NO5S. The summed E-state index contributed by atoms with van der Waals surface area (Å²) < 4.78 is 37.4. The number of nitrogens with zero attached hydrogens (tertiary/aromatic N) is 1. The van der Waals surface area contributed by atoms with Crippen LogP contribution in [0, 0.1) is 6.92 Å². The molecular weight excluding hydrogens is 378 g/mol. The van der Waals surface area contributed by atoms with Gasteiger partial charge < -0.3 is 9.47 Å². The molecule has 0 saturated carbocycles. The van der Waals surface area contributed by atoms with Crippen molar-refractivity contribution in [2.45, 2.75) is 37.5 Å². The molecule has 0 bridgehead atoms. The van der Waals surface area contributed by atoms with Crippen LogP contribution < -0.4 is 0 Å². The summed E-state index contributed by atoms with van der Waals surface area (Å²) in [5, 5.41) is 0. The molecule has 0 radical (unpaired) electrons. The predicted molar refractivity (Wildman–Crippen MR) is 105 cm³/mol. The van der Waals surface area contributed by atoms with Crippen LogP contribution in [0.25, 0.3) is 0 Å². The van der Waals surface area contributed by atoms with Gasteiger partial charge in [-0.3, -0.25) is 0 Å². The largest absolute Gasteiger partial charge is 0.443 e. The number of benzene rings is 2. The zero-order chi connectivity index (χ0) is 20.1. The Morgan fingerprint density at radius 1 is 1.11 bits per heavy atom. The molecule has 2 aromatic carbocycles. The van der Waals surface area contributed by atoms with Gasteiger partial charge in [-0.05, 0) is 31.5 Å². The number of cyclic esters (lactones) is 1. The topological polar surface area (TPSA) is 72.9 Å². The van der Waals surface area contributed by atoms with Crippen LogP contribution in [0.4, 0.5) is 4.79 Å². The number of carbonyl (C=O) groups excluding carboxylic acids is 1. The second-order valence-corrected chi connectivity index (χ2v) is 8.44. The van der Waals surface area contributed by atoms with E-state index >= 15 is 0 Å². The van der Waals surface area contributed by atoms with Crippen molar-refractivity contribution < 1.29 is 22.7 Å². The number of carbonyl (C=O) groups is 1. The van der Waals surface area contributed by atoms with E-state index in [0.29, 0.717) is 13.2 Å². The molecule has 148 valence electrons. The number of hydrogen-bond donors (Lipinski definition) is 0. The van der Waals surface area contributed by atoms with Crippen LogP contribution in [-0.2, 0) is 26.1 Å². The summed E-state index contributed by atoms with van der Waals surface area (Å²) in [5.74, 6) is 0. The monoisotopic (exact) mass is 401 g/mol. The van der Waals surface area contributed by atoms with Gasteiger partial charge in [0.2, 0.25) is 0 Å². The van der Waals surface area contributed by atoms with E-state index in [1.54, 1.807) is 31.2 Å². The highest BCUT2D eigenvalue weighted by Crippen LogP contribution is 2.28. The van der Waals surface area contributed by atoms with Gasteiger partial charge in [0.15, 0.2) is 0 Å². The van der Waals surface area contributed by atoms with Gasteiger partial charge in [-0.1, -0.05) is 60.2 Å². The van der Waals surface area contributed by atoms with Gasteiger partial charge in [0, 0.05) is 0 Å². The Labute approximate surface area is 165 Å². The molecule has 0 N–H and O–H groups in total. The Morgan fingerprint density at radius 2 is 1.79 bits per heavy atom. The maximum atomic E-state index is 12.9. The van der Waals surface area contributed by atoms with Crippen molar-refractivity contribution in [2.75, 3.05) is 6.61 Å². The van der Waals surface area contributed by atoms with Crippen LogP contribution in [0.2, 0.25) is 0 Å². The first-order chi connectivity index (χ1) is 13.4. The molecule has 6 nitrogen and oxygen atoms in total. The molecule has 0 unspecified atom stereocenters. The summed E-state index contributed by atoms with van der Waals surface area (Å²) in [5.41, 5.74) is 1.98. The minimum absolute atomic E-state index is 0.0582. The van der Waals surface area contributed by atoms with Gasteiger partial charge >= 0.3 is 6.09 Å². The lowest BCUT2D eigenvalue weighted by atomic mass is 10.2. The second kappa shape index (κ2) is 8.58. The zero-order valence-corrected chi connectivity index (χ0v) is 16.6. The number of ether oxygens (including phenoxy) is 2. The molecule has 0 aromatic heterocycles. The minimum atomic E-state index is -4.01. The molecule has 1 saturated heterocycles. The second-order valence-electron chi connectivity index (χ2n) is 6.62. The first-order valence-corrected chi connectivity index (χ1v) is 10.4. The molecule has 0 aliphatic carbocycles. The molecule has 0 spiro atoms. The van der Waals surface area contributed by atoms with Gasteiger partial charge in [-0.25, -0.2) is 13.2 Å². The highest BCUT2D eigenvalue weighted by atomic mass is 32.2. The predicted octanol–water partition coefficient (Wildman–Crippen LogP) is 3.67. The van der Waals surface area contributed by atoms with E-state index in [1.165, 1.54) is 12.1 Å². The summed E-state index contributed by atoms with van der Waals surface area (Å²) in [4.78, 5) is 12.3. The number of rotatable bonds is 7. The highest BCUT2D eigenvalue weighted by molar-refractivity contribution is 7.89. The first-order valence-electron chi connectivity index (χ1n) is 8.99. The van der Waals surface area contributed by atoms with Gasteiger partial charge in [-0.2, -0.15) is 4.31 Å². The number of hydrogen-bond acceptors (Lipinski definition) is 5. The standard InChI is InChI=1S/C21H23NO5S/c1-16-10-12-19(13-11-16)28(24,25)22-20(17(2)27-21(22)23)9-6-14-26-15-18-7-4-3-5-8-18/h3-13,17,20H,14-15H2,1-2H3/b9-6-/t17-,20+/m1/s1. The van der Waals surface area contributed by atoms with E-state index in [2.05, 4.69) is 0 Å². The summed E-state index contributed by atoms with van der Waals surface area (Å²) in [7, 11) is -4.01. The Balaban J connectivity index is 1.69. The molecule has 2 aromatic rings. The number of aryl methyl sites for hydroxylation is 1. The van der Waals surface area contributed by atoms with Crippen molar-refractivity contribution in [1.82, 2.24) is 4.31 Å². The zero-order valence-electron chi connectivity index (χ0n) is 15.8. The van der Waals surface area contributed by atoms with Crippen LogP contribution in [0.3, 0.4) is 0 Å². The molecule has 28 heavy (non-hydrogen) atoms. The lowest BCUT2D eigenvalue weighted by Crippen LogP contribution is -2.39. The molecule has 1 heterocycles. The number of amides is 1. The van der Waals surface area contributed by atoms with E-state index in [4.69, 9.17) is 9.47 Å². The lowest BCUT2D eigenvalue weighted by molar-refractivity contribution is 0.141. The molecule has 3 rings (SSSR count). The fourth-order valence-corrected chi connectivity index (χ4v) is 4.43. The molecule has 1 aliphatic heterocycles. The van der Waals surface area contributed by atoms with Crippen LogP contribution in [0.1, 0.15) is 18.1 Å². The van der Waals surface area contributed by atoms with Crippen molar-refractivity contribution in [2.24, 2.45) is 0 Å².